The quantitative estimate of drug-likeness (QED) is 0.497. The first-order valence-electron chi connectivity index (χ1n) is 2.32. The molecular formula is C5H6ClNO. The minimum Gasteiger partial charge on any atom is -0.482 e. The molecular weight excluding hydrogens is 126 g/mol. The molecule has 0 spiro atoms. The molecule has 1 atom stereocenters. The largest absolute Gasteiger partial charge is 0.482 e. The summed E-state index contributed by atoms with van der Waals surface area (Å²) in [7, 11) is 0. The SMILES string of the molecule is N=C1C=COC(Cl)C1. The maximum Gasteiger partial charge on any atom is 0.176 e. The number of hydrogen-bond donors (Lipinski definition) is 1. The number of halogens is 1. The van der Waals surface area contributed by atoms with E-state index in [-0.39, 0.29) is 5.56 Å². The molecule has 0 aromatic rings. The summed E-state index contributed by atoms with van der Waals surface area (Å²) in [6.45, 7) is 0. The standard InChI is InChI=1S/C5H6ClNO/c6-5-3-4(7)1-2-8-5/h1-2,5,7H,3H2. The van der Waals surface area contributed by atoms with Gasteiger partial charge in [-0.3, -0.25) is 0 Å². The van der Waals surface area contributed by atoms with Gasteiger partial charge in [0.1, 0.15) is 0 Å². The number of ether oxygens (including phenoxy) is 1. The van der Waals surface area contributed by atoms with E-state index < -0.39 is 0 Å². The predicted octanol–water partition coefficient (Wildman–Crippen LogP) is 1.51. The van der Waals surface area contributed by atoms with Crippen LogP contribution in [0.25, 0.3) is 0 Å². The van der Waals surface area contributed by atoms with Gasteiger partial charge in [0.15, 0.2) is 5.56 Å². The van der Waals surface area contributed by atoms with Crippen LogP contribution < -0.4 is 0 Å². The number of rotatable bonds is 0. The van der Waals surface area contributed by atoms with E-state index in [1.165, 1.54) is 6.26 Å². The molecule has 0 aliphatic carbocycles. The maximum absolute atomic E-state index is 7.07. The Hall–Kier alpha value is -0.500. The van der Waals surface area contributed by atoms with Crippen molar-refractivity contribution >= 4 is 17.3 Å². The van der Waals surface area contributed by atoms with Crippen LogP contribution >= 0.6 is 11.6 Å². The number of allylic oxidation sites excluding steroid dienone is 1. The van der Waals surface area contributed by atoms with E-state index in [1.807, 2.05) is 0 Å². The van der Waals surface area contributed by atoms with Crippen LogP contribution in [0.15, 0.2) is 12.3 Å². The smallest absolute Gasteiger partial charge is 0.176 e. The summed E-state index contributed by atoms with van der Waals surface area (Å²) >= 11 is 5.50. The lowest BCUT2D eigenvalue weighted by Gasteiger charge is -2.11. The second kappa shape index (κ2) is 2.18. The number of nitrogens with one attached hydrogen (secondary N) is 1. The van der Waals surface area contributed by atoms with Gasteiger partial charge in [0.05, 0.1) is 6.26 Å². The molecule has 1 aliphatic heterocycles. The summed E-state index contributed by atoms with van der Waals surface area (Å²) in [5.41, 5.74) is 0.198. The molecule has 3 heteroatoms. The molecule has 0 saturated heterocycles. The van der Waals surface area contributed by atoms with Crippen molar-refractivity contribution in [2.24, 2.45) is 0 Å². The van der Waals surface area contributed by atoms with Crippen molar-refractivity contribution in [1.29, 1.82) is 5.41 Å². The molecule has 8 heavy (non-hydrogen) atoms. The van der Waals surface area contributed by atoms with Crippen molar-refractivity contribution in [3.8, 4) is 0 Å². The highest BCUT2D eigenvalue weighted by atomic mass is 35.5. The van der Waals surface area contributed by atoms with Crippen LogP contribution in [0, 0.1) is 5.41 Å². The highest BCUT2D eigenvalue weighted by Crippen LogP contribution is 2.10. The normalized spacial score (nSPS) is 27.6. The van der Waals surface area contributed by atoms with E-state index in [9.17, 15) is 0 Å². The lowest BCUT2D eigenvalue weighted by molar-refractivity contribution is 0.217. The Bertz CT molecular complexity index is 132. The fourth-order valence-corrected chi connectivity index (χ4v) is 0.721. The lowest BCUT2D eigenvalue weighted by Crippen LogP contribution is -2.11. The van der Waals surface area contributed by atoms with Gasteiger partial charge in [-0.2, -0.15) is 0 Å². The Kier molecular flexibility index (Phi) is 1.53. The third-order valence-corrected chi connectivity index (χ3v) is 1.13. The minimum atomic E-state index is -0.326. The summed E-state index contributed by atoms with van der Waals surface area (Å²) in [5, 5.41) is 7.07. The van der Waals surface area contributed by atoms with Crippen LogP contribution in [-0.2, 0) is 4.74 Å². The number of hydrogen-bond acceptors (Lipinski definition) is 2. The van der Waals surface area contributed by atoms with Crippen LogP contribution in [0.1, 0.15) is 6.42 Å². The summed E-state index contributed by atoms with van der Waals surface area (Å²) in [6, 6.07) is 0. The highest BCUT2D eigenvalue weighted by molar-refractivity contribution is 6.21. The summed E-state index contributed by atoms with van der Waals surface area (Å²) in [5.74, 6) is 0. The van der Waals surface area contributed by atoms with E-state index in [2.05, 4.69) is 0 Å². The molecule has 0 saturated carbocycles. The zero-order chi connectivity index (χ0) is 5.98. The van der Waals surface area contributed by atoms with Gasteiger partial charge in [0.2, 0.25) is 0 Å². The fourth-order valence-electron chi connectivity index (χ4n) is 0.496. The minimum absolute atomic E-state index is 0.326. The zero-order valence-corrected chi connectivity index (χ0v) is 4.98. The Morgan fingerprint density at radius 1 is 1.88 bits per heavy atom. The summed E-state index contributed by atoms with van der Waals surface area (Å²) < 4.78 is 4.79. The van der Waals surface area contributed by atoms with Gasteiger partial charge in [0.25, 0.3) is 0 Å². The van der Waals surface area contributed by atoms with Crippen LogP contribution in [0.3, 0.4) is 0 Å². The van der Waals surface area contributed by atoms with Crippen molar-refractivity contribution in [1.82, 2.24) is 0 Å². The second-order valence-corrected chi connectivity index (χ2v) is 2.07. The molecule has 44 valence electrons. The first-order valence-corrected chi connectivity index (χ1v) is 2.76. The second-order valence-electron chi connectivity index (χ2n) is 1.58. The molecule has 1 N–H and O–H groups in total. The Morgan fingerprint density at radius 2 is 2.62 bits per heavy atom. The van der Waals surface area contributed by atoms with Gasteiger partial charge in [-0.05, 0) is 6.08 Å². The van der Waals surface area contributed by atoms with Crippen molar-refractivity contribution in [2.45, 2.75) is 12.0 Å². The van der Waals surface area contributed by atoms with E-state index in [4.69, 9.17) is 21.7 Å². The number of alkyl halides is 1. The fraction of sp³-hybridized carbons (Fsp3) is 0.400. The van der Waals surface area contributed by atoms with Crippen molar-refractivity contribution < 1.29 is 4.74 Å². The first-order chi connectivity index (χ1) is 3.79. The molecule has 0 bridgehead atoms. The molecule has 1 rings (SSSR count). The van der Waals surface area contributed by atoms with Gasteiger partial charge in [-0.25, -0.2) is 0 Å². The maximum atomic E-state index is 7.07. The molecule has 0 amide bonds. The van der Waals surface area contributed by atoms with Gasteiger partial charge >= 0.3 is 0 Å². The van der Waals surface area contributed by atoms with Crippen molar-refractivity contribution in [3.05, 3.63) is 12.3 Å². The molecule has 0 aromatic carbocycles. The molecule has 1 heterocycles. The van der Waals surface area contributed by atoms with E-state index in [0.717, 1.165) is 0 Å². The Labute approximate surface area is 52.6 Å². The van der Waals surface area contributed by atoms with E-state index >= 15 is 0 Å². The van der Waals surface area contributed by atoms with Crippen molar-refractivity contribution in [3.63, 3.8) is 0 Å². The van der Waals surface area contributed by atoms with Crippen LogP contribution in [0.4, 0.5) is 0 Å². The summed E-state index contributed by atoms with van der Waals surface area (Å²) in [6.07, 6.45) is 3.56. The van der Waals surface area contributed by atoms with E-state index in [0.29, 0.717) is 12.1 Å². The molecule has 1 aliphatic rings. The topological polar surface area (TPSA) is 33.1 Å². The Morgan fingerprint density at radius 3 is 3.00 bits per heavy atom. The van der Waals surface area contributed by atoms with Crippen LogP contribution in [0.2, 0.25) is 0 Å². The highest BCUT2D eigenvalue weighted by Gasteiger charge is 2.08. The third-order valence-electron chi connectivity index (χ3n) is 0.876. The Balaban J connectivity index is 2.54. The van der Waals surface area contributed by atoms with Gasteiger partial charge in [0, 0.05) is 12.1 Å². The molecule has 0 aromatic heterocycles. The lowest BCUT2D eigenvalue weighted by atomic mass is 10.2. The van der Waals surface area contributed by atoms with Gasteiger partial charge < -0.3 is 10.1 Å². The molecule has 0 radical (unpaired) electrons. The van der Waals surface area contributed by atoms with Gasteiger partial charge in [-0.15, -0.1) is 0 Å². The molecule has 0 fully saturated rings. The molecule has 1 unspecified atom stereocenters. The molecule has 2 nitrogen and oxygen atoms in total. The third kappa shape index (κ3) is 1.23. The monoisotopic (exact) mass is 131 g/mol. The van der Waals surface area contributed by atoms with Crippen molar-refractivity contribution in [2.75, 3.05) is 0 Å². The van der Waals surface area contributed by atoms with Crippen LogP contribution in [0.5, 0.6) is 0 Å². The average Bonchev–Trinajstić information content (AvgIpc) is 1.64. The first kappa shape index (κ1) is 5.63. The average molecular weight is 132 g/mol. The van der Waals surface area contributed by atoms with Gasteiger partial charge in [-0.1, -0.05) is 11.6 Å². The summed E-state index contributed by atoms with van der Waals surface area (Å²) in [4.78, 5) is 0. The predicted molar refractivity (Wildman–Crippen MR) is 32.2 cm³/mol. The van der Waals surface area contributed by atoms with Crippen LogP contribution in [-0.4, -0.2) is 11.3 Å². The van der Waals surface area contributed by atoms with E-state index in [1.54, 1.807) is 6.08 Å². The zero-order valence-electron chi connectivity index (χ0n) is 4.23.